The third-order valence-electron chi connectivity index (χ3n) is 6.26. The summed E-state index contributed by atoms with van der Waals surface area (Å²) in [6.07, 6.45) is 6.93. The van der Waals surface area contributed by atoms with Crippen LogP contribution in [-0.2, 0) is 9.59 Å². The second-order valence-electron chi connectivity index (χ2n) is 8.72. The summed E-state index contributed by atoms with van der Waals surface area (Å²) in [6, 6.07) is -0.257. The fourth-order valence-electron chi connectivity index (χ4n) is 3.94. The van der Waals surface area contributed by atoms with Crippen molar-refractivity contribution in [3.63, 3.8) is 0 Å². The summed E-state index contributed by atoms with van der Waals surface area (Å²) in [5.74, 6) is 2.39. The third-order valence-corrected chi connectivity index (χ3v) is 6.26. The van der Waals surface area contributed by atoms with Crippen LogP contribution >= 0.6 is 0 Å². The van der Waals surface area contributed by atoms with Crippen LogP contribution in [0, 0.1) is 17.8 Å². The van der Waals surface area contributed by atoms with Crippen LogP contribution in [0.3, 0.4) is 0 Å². The number of aromatic nitrogens is 2. The Bertz CT molecular complexity index is 685. The highest BCUT2D eigenvalue weighted by molar-refractivity contribution is 5.81. The highest BCUT2D eigenvalue weighted by Gasteiger charge is 2.35. The molecule has 0 bridgehead atoms. The van der Waals surface area contributed by atoms with Crippen molar-refractivity contribution in [1.29, 1.82) is 0 Å². The first-order valence-electron chi connectivity index (χ1n) is 10.5. The fourth-order valence-corrected chi connectivity index (χ4v) is 3.94. The van der Waals surface area contributed by atoms with Gasteiger partial charge < -0.3 is 14.7 Å². The summed E-state index contributed by atoms with van der Waals surface area (Å²) in [5.41, 5.74) is 0. The van der Waals surface area contributed by atoms with E-state index in [2.05, 4.69) is 15.5 Å². The summed E-state index contributed by atoms with van der Waals surface area (Å²) >= 11 is 0. The molecule has 3 aliphatic rings. The highest BCUT2D eigenvalue weighted by Crippen LogP contribution is 2.39. The van der Waals surface area contributed by atoms with E-state index in [1.54, 1.807) is 0 Å². The van der Waals surface area contributed by atoms with Gasteiger partial charge in [-0.15, -0.1) is 0 Å². The SMILES string of the molecule is CC(C)[C@@H](NC(=O)C1CCN(C(=O)C2CCC2)CC1)c1nc(C2CC2)no1. The number of amides is 2. The minimum atomic E-state index is -0.257. The van der Waals surface area contributed by atoms with Gasteiger partial charge in [-0.1, -0.05) is 25.4 Å². The zero-order chi connectivity index (χ0) is 19.0. The second kappa shape index (κ2) is 7.60. The van der Waals surface area contributed by atoms with Crippen LogP contribution < -0.4 is 5.32 Å². The van der Waals surface area contributed by atoms with Crippen molar-refractivity contribution in [2.45, 2.75) is 70.8 Å². The number of nitrogens with zero attached hydrogens (tertiary/aromatic N) is 3. The van der Waals surface area contributed by atoms with E-state index >= 15 is 0 Å². The van der Waals surface area contributed by atoms with Crippen molar-refractivity contribution in [1.82, 2.24) is 20.4 Å². The van der Waals surface area contributed by atoms with Crippen LogP contribution in [0.2, 0.25) is 0 Å². The number of rotatable bonds is 6. The number of hydrogen-bond acceptors (Lipinski definition) is 5. The topological polar surface area (TPSA) is 88.3 Å². The third kappa shape index (κ3) is 4.01. The summed E-state index contributed by atoms with van der Waals surface area (Å²) in [4.78, 5) is 31.7. The molecule has 1 aromatic rings. The maximum Gasteiger partial charge on any atom is 0.249 e. The number of likely N-dealkylation sites (tertiary alicyclic amines) is 1. The predicted octanol–water partition coefficient (Wildman–Crippen LogP) is 2.80. The lowest BCUT2D eigenvalue weighted by Gasteiger charge is -2.36. The molecule has 0 radical (unpaired) electrons. The minimum Gasteiger partial charge on any atom is -0.344 e. The normalized spacial score (nSPS) is 22.6. The quantitative estimate of drug-likeness (QED) is 0.827. The van der Waals surface area contributed by atoms with Gasteiger partial charge in [0.1, 0.15) is 6.04 Å². The van der Waals surface area contributed by atoms with Crippen LogP contribution in [0.25, 0.3) is 0 Å². The van der Waals surface area contributed by atoms with E-state index < -0.39 is 0 Å². The van der Waals surface area contributed by atoms with Crippen LogP contribution in [0.15, 0.2) is 4.52 Å². The lowest BCUT2D eigenvalue weighted by atomic mass is 9.83. The molecular formula is C20H30N4O3. The van der Waals surface area contributed by atoms with Crippen molar-refractivity contribution >= 4 is 11.8 Å². The van der Waals surface area contributed by atoms with Crippen molar-refractivity contribution in [3.8, 4) is 0 Å². The molecule has 2 aliphatic carbocycles. The zero-order valence-corrected chi connectivity index (χ0v) is 16.3. The van der Waals surface area contributed by atoms with E-state index in [9.17, 15) is 9.59 Å². The summed E-state index contributed by atoms with van der Waals surface area (Å²) in [5, 5.41) is 7.20. The van der Waals surface area contributed by atoms with Gasteiger partial charge >= 0.3 is 0 Å². The van der Waals surface area contributed by atoms with Crippen molar-refractivity contribution in [3.05, 3.63) is 11.7 Å². The number of nitrogens with one attached hydrogen (secondary N) is 1. The second-order valence-corrected chi connectivity index (χ2v) is 8.72. The van der Waals surface area contributed by atoms with E-state index in [0.29, 0.717) is 30.8 Å². The molecule has 3 fully saturated rings. The smallest absolute Gasteiger partial charge is 0.249 e. The summed E-state index contributed by atoms with van der Waals surface area (Å²) in [7, 11) is 0. The molecule has 2 amide bonds. The largest absolute Gasteiger partial charge is 0.344 e. The lowest BCUT2D eigenvalue weighted by molar-refractivity contribution is -0.141. The van der Waals surface area contributed by atoms with Gasteiger partial charge in [-0.05, 0) is 44.4 Å². The molecule has 0 spiro atoms. The summed E-state index contributed by atoms with van der Waals surface area (Å²) in [6.45, 7) is 5.47. The van der Waals surface area contributed by atoms with E-state index in [4.69, 9.17) is 4.52 Å². The highest BCUT2D eigenvalue weighted by atomic mass is 16.5. The Morgan fingerprint density at radius 1 is 1.07 bits per heavy atom. The Labute approximate surface area is 160 Å². The molecule has 0 aromatic carbocycles. The Kier molecular flexibility index (Phi) is 5.19. The fraction of sp³-hybridized carbons (Fsp3) is 0.800. The zero-order valence-electron chi connectivity index (χ0n) is 16.3. The van der Waals surface area contributed by atoms with Gasteiger partial charge in [0.25, 0.3) is 0 Å². The number of piperidine rings is 1. The van der Waals surface area contributed by atoms with Crippen molar-refractivity contribution in [2.75, 3.05) is 13.1 Å². The van der Waals surface area contributed by atoms with Gasteiger partial charge in [0.15, 0.2) is 5.82 Å². The van der Waals surface area contributed by atoms with Gasteiger partial charge in [0, 0.05) is 30.8 Å². The molecule has 2 heterocycles. The minimum absolute atomic E-state index is 0.0376. The molecule has 1 aromatic heterocycles. The van der Waals surface area contributed by atoms with Gasteiger partial charge in [-0.2, -0.15) is 4.98 Å². The number of hydrogen-bond donors (Lipinski definition) is 1. The molecule has 148 valence electrons. The Morgan fingerprint density at radius 3 is 2.33 bits per heavy atom. The molecule has 2 saturated carbocycles. The monoisotopic (exact) mass is 374 g/mol. The van der Waals surface area contributed by atoms with E-state index in [0.717, 1.165) is 44.3 Å². The first-order chi connectivity index (χ1) is 13.0. The Balaban J connectivity index is 1.32. The predicted molar refractivity (Wildman–Crippen MR) is 98.6 cm³/mol. The molecule has 1 N–H and O–H groups in total. The number of carbonyl (C=O) groups excluding carboxylic acids is 2. The van der Waals surface area contributed by atoms with Gasteiger partial charge in [0.05, 0.1) is 0 Å². The maximum atomic E-state index is 12.8. The molecular weight excluding hydrogens is 344 g/mol. The molecule has 1 atom stereocenters. The van der Waals surface area contributed by atoms with Crippen molar-refractivity contribution < 1.29 is 14.1 Å². The average Bonchev–Trinajstić information content (AvgIpc) is 3.35. The molecule has 1 saturated heterocycles. The van der Waals surface area contributed by atoms with E-state index in [1.165, 1.54) is 6.42 Å². The standard InChI is InChI=1S/C20H30N4O3/c1-12(2)16(19-22-17(23-27-19)13-6-7-13)21-18(25)14-8-10-24(11-9-14)20(26)15-4-3-5-15/h12-16H,3-11H2,1-2H3,(H,21,25)/t16-/m1/s1. The molecule has 0 unspecified atom stereocenters. The van der Waals surface area contributed by atoms with Crippen LogP contribution in [0.4, 0.5) is 0 Å². The lowest BCUT2D eigenvalue weighted by Crippen LogP contribution is -2.46. The van der Waals surface area contributed by atoms with Crippen LogP contribution in [0.5, 0.6) is 0 Å². The van der Waals surface area contributed by atoms with E-state index in [-0.39, 0.29) is 29.7 Å². The van der Waals surface area contributed by atoms with E-state index in [1.807, 2.05) is 18.7 Å². The first-order valence-corrected chi connectivity index (χ1v) is 10.5. The molecule has 1 aliphatic heterocycles. The molecule has 4 rings (SSSR count). The van der Waals surface area contributed by atoms with Gasteiger partial charge in [-0.25, -0.2) is 0 Å². The van der Waals surface area contributed by atoms with Gasteiger partial charge in [0.2, 0.25) is 17.7 Å². The van der Waals surface area contributed by atoms with Crippen LogP contribution in [-0.4, -0.2) is 39.9 Å². The average molecular weight is 374 g/mol. The van der Waals surface area contributed by atoms with Crippen molar-refractivity contribution in [2.24, 2.45) is 17.8 Å². The molecule has 7 nitrogen and oxygen atoms in total. The number of carbonyl (C=O) groups is 2. The molecule has 27 heavy (non-hydrogen) atoms. The summed E-state index contributed by atoms with van der Waals surface area (Å²) < 4.78 is 5.44. The first kappa shape index (κ1) is 18.4. The maximum absolute atomic E-state index is 12.8. The Morgan fingerprint density at radius 2 is 1.78 bits per heavy atom. The van der Waals surface area contributed by atoms with Crippen LogP contribution in [0.1, 0.15) is 82.5 Å². The van der Waals surface area contributed by atoms with Gasteiger partial charge in [-0.3, -0.25) is 9.59 Å². The molecule has 7 heteroatoms. The Hall–Kier alpha value is -1.92.